The molecule has 1 atom stereocenters. The number of rotatable bonds is 6. The van der Waals surface area contributed by atoms with Gasteiger partial charge in [-0.15, -0.1) is 21.5 Å². The van der Waals surface area contributed by atoms with Crippen LogP contribution < -0.4 is 5.32 Å². The number of nitrogens with one attached hydrogen (secondary N) is 1. The van der Waals surface area contributed by atoms with Crippen molar-refractivity contribution in [3.63, 3.8) is 0 Å². The fourth-order valence-electron chi connectivity index (χ4n) is 1.88. The minimum atomic E-state index is -0.200. The van der Waals surface area contributed by atoms with Crippen molar-refractivity contribution in [3.05, 3.63) is 28.7 Å². The second kappa shape index (κ2) is 7.28. The molecule has 2 aromatic heterocycles. The zero-order valence-electron chi connectivity index (χ0n) is 13.4. The molecule has 1 amide bonds. The van der Waals surface area contributed by atoms with Gasteiger partial charge in [0.1, 0.15) is 6.33 Å². The number of thiophene rings is 1. The summed E-state index contributed by atoms with van der Waals surface area (Å²) in [6, 6.07) is 4.11. The second-order valence-electron chi connectivity index (χ2n) is 6.03. The van der Waals surface area contributed by atoms with Gasteiger partial charge < -0.3 is 9.88 Å². The average Bonchev–Trinajstić information content (AvgIpc) is 3.08. The SMILES string of the molecule is CC(Sc1nncn1C(C)(C)C)C(=O)NCCc1cccs1. The molecule has 5 nitrogen and oxygen atoms in total. The van der Waals surface area contributed by atoms with E-state index in [0.717, 1.165) is 11.6 Å². The van der Waals surface area contributed by atoms with E-state index >= 15 is 0 Å². The van der Waals surface area contributed by atoms with Gasteiger partial charge in [-0.25, -0.2) is 0 Å². The molecule has 120 valence electrons. The summed E-state index contributed by atoms with van der Waals surface area (Å²) in [5.41, 5.74) is -0.0960. The van der Waals surface area contributed by atoms with E-state index in [4.69, 9.17) is 0 Å². The Morgan fingerprint density at radius 1 is 1.50 bits per heavy atom. The third-order valence-electron chi connectivity index (χ3n) is 3.14. The van der Waals surface area contributed by atoms with E-state index in [1.54, 1.807) is 17.7 Å². The fraction of sp³-hybridized carbons (Fsp3) is 0.533. The van der Waals surface area contributed by atoms with Gasteiger partial charge in [-0.3, -0.25) is 4.79 Å². The van der Waals surface area contributed by atoms with Crippen molar-refractivity contribution in [1.29, 1.82) is 0 Å². The predicted octanol–water partition coefficient (Wildman–Crippen LogP) is 2.93. The van der Waals surface area contributed by atoms with Crippen LogP contribution >= 0.6 is 23.1 Å². The standard InChI is InChI=1S/C15H22N4OS2/c1-11(13(20)16-8-7-12-6-5-9-21-12)22-14-18-17-10-19(14)15(2,3)4/h5-6,9-11H,7-8H2,1-4H3,(H,16,20). The van der Waals surface area contributed by atoms with E-state index in [-0.39, 0.29) is 16.7 Å². The van der Waals surface area contributed by atoms with E-state index in [1.807, 2.05) is 17.6 Å². The Morgan fingerprint density at radius 3 is 2.91 bits per heavy atom. The third-order valence-corrected chi connectivity index (χ3v) is 5.13. The van der Waals surface area contributed by atoms with Gasteiger partial charge in [-0.1, -0.05) is 17.8 Å². The molecule has 22 heavy (non-hydrogen) atoms. The second-order valence-corrected chi connectivity index (χ2v) is 8.38. The minimum absolute atomic E-state index is 0.0324. The van der Waals surface area contributed by atoms with Gasteiger partial charge in [0.05, 0.1) is 5.25 Å². The van der Waals surface area contributed by atoms with Gasteiger partial charge in [0.25, 0.3) is 0 Å². The molecule has 2 heterocycles. The van der Waals surface area contributed by atoms with E-state index < -0.39 is 0 Å². The van der Waals surface area contributed by atoms with Crippen molar-refractivity contribution in [2.45, 2.75) is 50.1 Å². The van der Waals surface area contributed by atoms with Crippen LogP contribution in [0.5, 0.6) is 0 Å². The average molecular weight is 339 g/mol. The maximum absolute atomic E-state index is 12.2. The van der Waals surface area contributed by atoms with Gasteiger partial charge >= 0.3 is 0 Å². The molecular formula is C15H22N4OS2. The molecule has 0 saturated heterocycles. The van der Waals surface area contributed by atoms with Gasteiger partial charge in [0.15, 0.2) is 5.16 Å². The molecular weight excluding hydrogens is 316 g/mol. The van der Waals surface area contributed by atoms with Crippen LogP contribution in [-0.4, -0.2) is 32.5 Å². The Morgan fingerprint density at radius 2 is 2.27 bits per heavy atom. The normalized spacial score (nSPS) is 13.1. The van der Waals surface area contributed by atoms with Crippen LogP contribution in [0.1, 0.15) is 32.6 Å². The molecule has 0 bridgehead atoms. The number of hydrogen-bond donors (Lipinski definition) is 1. The van der Waals surface area contributed by atoms with Crippen LogP contribution in [-0.2, 0) is 16.8 Å². The van der Waals surface area contributed by atoms with Crippen LogP contribution in [0, 0.1) is 0 Å². The number of thioether (sulfide) groups is 1. The maximum atomic E-state index is 12.2. The summed E-state index contributed by atoms with van der Waals surface area (Å²) in [5, 5.41) is 13.7. The Hall–Kier alpha value is -1.34. The molecule has 2 rings (SSSR count). The Labute approximate surface area is 139 Å². The number of aromatic nitrogens is 3. The highest BCUT2D eigenvalue weighted by atomic mass is 32.2. The lowest BCUT2D eigenvalue weighted by molar-refractivity contribution is -0.120. The molecule has 0 saturated carbocycles. The van der Waals surface area contributed by atoms with Gasteiger partial charge in [0.2, 0.25) is 5.91 Å². The zero-order valence-corrected chi connectivity index (χ0v) is 15.0. The van der Waals surface area contributed by atoms with Crippen LogP contribution in [0.2, 0.25) is 0 Å². The van der Waals surface area contributed by atoms with Crippen molar-refractivity contribution in [2.75, 3.05) is 6.54 Å². The molecule has 2 aromatic rings. The van der Waals surface area contributed by atoms with Crippen molar-refractivity contribution >= 4 is 29.0 Å². The Balaban J connectivity index is 1.85. The van der Waals surface area contributed by atoms with E-state index in [1.165, 1.54) is 16.6 Å². The first-order valence-corrected chi connectivity index (χ1v) is 9.01. The summed E-state index contributed by atoms with van der Waals surface area (Å²) in [5.74, 6) is 0.0324. The predicted molar refractivity (Wildman–Crippen MR) is 91.4 cm³/mol. The number of hydrogen-bond acceptors (Lipinski definition) is 5. The topological polar surface area (TPSA) is 59.8 Å². The molecule has 0 spiro atoms. The molecule has 0 aromatic carbocycles. The van der Waals surface area contributed by atoms with E-state index in [2.05, 4.69) is 47.7 Å². The molecule has 0 aliphatic carbocycles. The largest absolute Gasteiger partial charge is 0.355 e. The van der Waals surface area contributed by atoms with E-state index in [9.17, 15) is 4.79 Å². The number of carbonyl (C=O) groups is 1. The van der Waals surface area contributed by atoms with Gasteiger partial charge in [-0.2, -0.15) is 0 Å². The smallest absolute Gasteiger partial charge is 0.233 e. The molecule has 0 aliphatic rings. The van der Waals surface area contributed by atoms with Crippen molar-refractivity contribution in [3.8, 4) is 0 Å². The Bertz CT molecular complexity index is 601. The fourth-order valence-corrected chi connectivity index (χ4v) is 3.63. The van der Waals surface area contributed by atoms with Gasteiger partial charge in [-0.05, 0) is 45.6 Å². The summed E-state index contributed by atoms with van der Waals surface area (Å²) in [6.07, 6.45) is 2.59. The van der Waals surface area contributed by atoms with Crippen LogP contribution in [0.3, 0.4) is 0 Å². The van der Waals surface area contributed by atoms with Crippen LogP contribution in [0.15, 0.2) is 29.0 Å². The maximum Gasteiger partial charge on any atom is 0.233 e. The lowest BCUT2D eigenvalue weighted by Gasteiger charge is -2.22. The molecule has 0 fully saturated rings. The lowest BCUT2D eigenvalue weighted by Crippen LogP contribution is -2.33. The first kappa shape index (κ1) is 17.0. The van der Waals surface area contributed by atoms with Gasteiger partial charge in [0, 0.05) is 17.0 Å². The first-order valence-electron chi connectivity index (χ1n) is 7.25. The highest BCUT2D eigenvalue weighted by Crippen LogP contribution is 2.26. The summed E-state index contributed by atoms with van der Waals surface area (Å²) >= 11 is 3.15. The van der Waals surface area contributed by atoms with Crippen molar-refractivity contribution in [2.24, 2.45) is 0 Å². The molecule has 7 heteroatoms. The van der Waals surface area contributed by atoms with Crippen molar-refractivity contribution in [1.82, 2.24) is 20.1 Å². The summed E-state index contributed by atoms with van der Waals surface area (Å²) in [6.45, 7) is 8.83. The number of nitrogens with zero attached hydrogens (tertiary/aromatic N) is 3. The molecule has 1 unspecified atom stereocenters. The summed E-state index contributed by atoms with van der Waals surface area (Å²) < 4.78 is 1.99. The molecule has 0 radical (unpaired) electrons. The first-order chi connectivity index (χ1) is 10.4. The summed E-state index contributed by atoms with van der Waals surface area (Å²) in [4.78, 5) is 13.5. The van der Waals surface area contributed by atoms with Crippen molar-refractivity contribution < 1.29 is 4.79 Å². The van der Waals surface area contributed by atoms with E-state index in [0.29, 0.717) is 6.54 Å². The highest BCUT2D eigenvalue weighted by molar-refractivity contribution is 8.00. The molecule has 1 N–H and O–H groups in total. The Kier molecular flexibility index (Phi) is 5.63. The number of amides is 1. The quantitative estimate of drug-likeness (QED) is 0.823. The van der Waals surface area contributed by atoms with Crippen LogP contribution in [0.4, 0.5) is 0 Å². The zero-order chi connectivity index (χ0) is 16.2. The molecule has 0 aliphatic heterocycles. The summed E-state index contributed by atoms with van der Waals surface area (Å²) in [7, 11) is 0. The monoisotopic (exact) mass is 338 g/mol. The highest BCUT2D eigenvalue weighted by Gasteiger charge is 2.22. The van der Waals surface area contributed by atoms with Crippen LogP contribution in [0.25, 0.3) is 0 Å². The lowest BCUT2D eigenvalue weighted by atomic mass is 10.1. The number of carbonyl (C=O) groups excluding carboxylic acids is 1. The minimum Gasteiger partial charge on any atom is -0.355 e. The third kappa shape index (κ3) is 4.58.